The molecule has 0 aromatic heterocycles. The van der Waals surface area contributed by atoms with E-state index in [1.807, 2.05) is 6.07 Å². The number of hydrogen-bond donors (Lipinski definition) is 1. The first-order chi connectivity index (χ1) is 8.11. The Morgan fingerprint density at radius 2 is 2.18 bits per heavy atom. The summed E-state index contributed by atoms with van der Waals surface area (Å²) < 4.78 is 0. The van der Waals surface area contributed by atoms with Gasteiger partial charge in [-0.3, -0.25) is 0 Å². The van der Waals surface area contributed by atoms with E-state index in [0.717, 1.165) is 13.0 Å². The first-order valence-electron chi connectivity index (χ1n) is 6.63. The second-order valence-electron chi connectivity index (χ2n) is 5.29. The Bertz CT molecular complexity index is 389. The van der Waals surface area contributed by atoms with Crippen molar-refractivity contribution in [2.24, 2.45) is 0 Å². The van der Waals surface area contributed by atoms with E-state index in [9.17, 15) is 5.11 Å². The van der Waals surface area contributed by atoms with E-state index >= 15 is 0 Å². The van der Waals surface area contributed by atoms with Gasteiger partial charge < -0.3 is 10.0 Å². The van der Waals surface area contributed by atoms with E-state index in [-0.39, 0.29) is 0 Å². The van der Waals surface area contributed by atoms with Gasteiger partial charge in [0.25, 0.3) is 0 Å². The summed E-state index contributed by atoms with van der Waals surface area (Å²) in [7, 11) is 2.20. The van der Waals surface area contributed by atoms with E-state index in [2.05, 4.69) is 31.9 Å². The van der Waals surface area contributed by atoms with Crippen molar-refractivity contribution in [1.82, 2.24) is 4.90 Å². The van der Waals surface area contributed by atoms with Crippen LogP contribution in [0.4, 0.5) is 0 Å². The van der Waals surface area contributed by atoms with Crippen molar-refractivity contribution in [3.63, 3.8) is 0 Å². The summed E-state index contributed by atoms with van der Waals surface area (Å²) in [5.41, 5.74) is 2.76. The van der Waals surface area contributed by atoms with Crippen molar-refractivity contribution >= 4 is 0 Å². The van der Waals surface area contributed by atoms with E-state index in [0.29, 0.717) is 17.7 Å². The zero-order valence-electron chi connectivity index (χ0n) is 11.1. The summed E-state index contributed by atoms with van der Waals surface area (Å²) in [6.45, 7) is 5.64. The van der Waals surface area contributed by atoms with Gasteiger partial charge >= 0.3 is 0 Å². The number of nitrogens with zero attached hydrogens (tertiary/aromatic N) is 1. The minimum absolute atomic E-state index is 0.406. The van der Waals surface area contributed by atoms with E-state index < -0.39 is 0 Å². The summed E-state index contributed by atoms with van der Waals surface area (Å²) in [5.74, 6) is 1.02. The number of aryl methyl sites for hydroxylation is 1. The van der Waals surface area contributed by atoms with Crippen molar-refractivity contribution in [2.75, 3.05) is 13.6 Å². The van der Waals surface area contributed by atoms with Gasteiger partial charge in [0.15, 0.2) is 0 Å². The lowest BCUT2D eigenvalue weighted by Crippen LogP contribution is -2.37. The average molecular weight is 233 g/mol. The van der Waals surface area contributed by atoms with Crippen molar-refractivity contribution in [1.29, 1.82) is 0 Å². The lowest BCUT2D eigenvalue weighted by Gasteiger charge is -2.36. The molecule has 94 valence electrons. The molecule has 1 saturated heterocycles. The van der Waals surface area contributed by atoms with E-state index in [1.54, 1.807) is 6.07 Å². The van der Waals surface area contributed by atoms with Crippen LogP contribution >= 0.6 is 0 Å². The molecule has 2 rings (SSSR count). The summed E-state index contributed by atoms with van der Waals surface area (Å²) in [5, 5.41) is 9.67. The second kappa shape index (κ2) is 5.09. The molecule has 2 nitrogen and oxygen atoms in total. The summed E-state index contributed by atoms with van der Waals surface area (Å²) in [4.78, 5) is 2.42. The Hall–Kier alpha value is -1.02. The lowest BCUT2D eigenvalue weighted by molar-refractivity contribution is 0.182. The molecule has 0 amide bonds. The minimum Gasteiger partial charge on any atom is -0.508 e. The van der Waals surface area contributed by atoms with Gasteiger partial charge in [-0.05, 0) is 69.0 Å². The molecule has 0 aliphatic carbocycles. The van der Waals surface area contributed by atoms with Gasteiger partial charge in [-0.2, -0.15) is 0 Å². The normalized spacial score (nSPS) is 26.1. The maximum atomic E-state index is 9.67. The third kappa shape index (κ3) is 2.63. The predicted molar refractivity (Wildman–Crippen MR) is 71.6 cm³/mol. The molecule has 1 fully saturated rings. The molecule has 0 saturated carbocycles. The molecule has 17 heavy (non-hydrogen) atoms. The molecule has 1 aliphatic rings. The lowest BCUT2D eigenvalue weighted by atomic mass is 9.83. The van der Waals surface area contributed by atoms with Crippen LogP contribution in [0.25, 0.3) is 0 Å². The van der Waals surface area contributed by atoms with Crippen molar-refractivity contribution in [2.45, 2.75) is 45.1 Å². The van der Waals surface area contributed by atoms with Crippen LogP contribution in [0, 0.1) is 0 Å². The fourth-order valence-electron chi connectivity index (χ4n) is 2.86. The van der Waals surface area contributed by atoms with Crippen LogP contribution < -0.4 is 0 Å². The zero-order chi connectivity index (χ0) is 12.4. The largest absolute Gasteiger partial charge is 0.508 e. The Labute approximate surface area is 104 Å². The molecule has 0 bridgehead atoms. The topological polar surface area (TPSA) is 23.5 Å². The van der Waals surface area contributed by atoms with Crippen LogP contribution in [0.5, 0.6) is 5.75 Å². The maximum absolute atomic E-state index is 9.67. The van der Waals surface area contributed by atoms with Gasteiger partial charge in [-0.15, -0.1) is 0 Å². The highest BCUT2D eigenvalue weighted by Crippen LogP contribution is 2.34. The summed E-state index contributed by atoms with van der Waals surface area (Å²) in [6.07, 6.45) is 3.46. The van der Waals surface area contributed by atoms with Crippen LogP contribution in [0.15, 0.2) is 18.2 Å². The molecule has 1 aromatic rings. The SMILES string of the molecule is CCc1ccc(O)cc1C1CCN(C)C(C)C1. The Kier molecular flexibility index (Phi) is 3.72. The number of phenolic OH excluding ortho intramolecular Hbond substituents is 1. The molecule has 2 unspecified atom stereocenters. The highest BCUT2D eigenvalue weighted by Gasteiger charge is 2.25. The molecule has 1 N–H and O–H groups in total. The third-order valence-corrected chi connectivity index (χ3v) is 4.16. The van der Waals surface area contributed by atoms with Crippen LogP contribution in [-0.4, -0.2) is 29.6 Å². The first kappa shape index (κ1) is 12.4. The van der Waals surface area contributed by atoms with Gasteiger partial charge in [0, 0.05) is 6.04 Å². The molecule has 2 atom stereocenters. The van der Waals surface area contributed by atoms with Gasteiger partial charge in [0.05, 0.1) is 0 Å². The predicted octanol–water partition coefficient (Wildman–Crippen LogP) is 3.15. The minimum atomic E-state index is 0.406. The monoisotopic (exact) mass is 233 g/mol. The fraction of sp³-hybridized carbons (Fsp3) is 0.600. The Balaban J connectivity index is 2.24. The third-order valence-electron chi connectivity index (χ3n) is 4.16. The fourth-order valence-corrected chi connectivity index (χ4v) is 2.86. The number of rotatable bonds is 2. The number of piperidine rings is 1. The van der Waals surface area contributed by atoms with E-state index in [1.165, 1.54) is 24.0 Å². The molecule has 1 aromatic carbocycles. The standard InChI is InChI=1S/C15H23NO/c1-4-12-5-6-14(17)10-15(12)13-7-8-16(3)11(2)9-13/h5-6,10-11,13,17H,4,7-9H2,1-3H3. The van der Waals surface area contributed by atoms with Crippen LogP contribution in [0.3, 0.4) is 0 Å². The first-order valence-corrected chi connectivity index (χ1v) is 6.63. The molecule has 1 aliphatic heterocycles. The van der Waals surface area contributed by atoms with Gasteiger partial charge in [-0.25, -0.2) is 0 Å². The van der Waals surface area contributed by atoms with Crippen LogP contribution in [0.2, 0.25) is 0 Å². The number of benzene rings is 1. The van der Waals surface area contributed by atoms with Gasteiger partial charge in [-0.1, -0.05) is 13.0 Å². The second-order valence-corrected chi connectivity index (χ2v) is 5.29. The summed E-state index contributed by atoms with van der Waals surface area (Å²) in [6, 6.07) is 6.50. The highest BCUT2D eigenvalue weighted by atomic mass is 16.3. The summed E-state index contributed by atoms with van der Waals surface area (Å²) >= 11 is 0. The van der Waals surface area contributed by atoms with E-state index in [4.69, 9.17) is 0 Å². The highest BCUT2D eigenvalue weighted by molar-refractivity contribution is 5.37. The zero-order valence-corrected chi connectivity index (χ0v) is 11.1. The molecule has 2 heteroatoms. The molecule has 0 spiro atoms. The Morgan fingerprint density at radius 1 is 1.41 bits per heavy atom. The van der Waals surface area contributed by atoms with Gasteiger partial charge in [0.1, 0.15) is 5.75 Å². The number of likely N-dealkylation sites (tertiary alicyclic amines) is 1. The molecule has 0 radical (unpaired) electrons. The average Bonchev–Trinajstić information content (AvgIpc) is 2.32. The molecular weight excluding hydrogens is 210 g/mol. The van der Waals surface area contributed by atoms with Crippen LogP contribution in [0.1, 0.15) is 43.7 Å². The van der Waals surface area contributed by atoms with Crippen molar-refractivity contribution in [3.8, 4) is 5.75 Å². The quantitative estimate of drug-likeness (QED) is 0.848. The van der Waals surface area contributed by atoms with Crippen molar-refractivity contribution < 1.29 is 5.11 Å². The van der Waals surface area contributed by atoms with Crippen LogP contribution in [-0.2, 0) is 6.42 Å². The van der Waals surface area contributed by atoms with Gasteiger partial charge in [0.2, 0.25) is 0 Å². The maximum Gasteiger partial charge on any atom is 0.115 e. The smallest absolute Gasteiger partial charge is 0.115 e. The number of hydrogen-bond acceptors (Lipinski definition) is 2. The number of aromatic hydroxyl groups is 1. The Morgan fingerprint density at radius 3 is 2.82 bits per heavy atom. The number of phenols is 1. The molecular formula is C15H23NO. The molecule has 1 heterocycles. The van der Waals surface area contributed by atoms with Crippen molar-refractivity contribution in [3.05, 3.63) is 29.3 Å².